The van der Waals surface area contributed by atoms with Crippen LogP contribution in [0.15, 0.2) is 41.4 Å². The fourth-order valence-corrected chi connectivity index (χ4v) is 2.76. The Bertz CT molecular complexity index is 694. The predicted octanol–water partition coefficient (Wildman–Crippen LogP) is 0.638. The molecular formula is C13H16N4O3S. The summed E-state index contributed by atoms with van der Waals surface area (Å²) in [5.41, 5.74) is 1.18. The lowest BCUT2D eigenvalue weighted by Crippen LogP contribution is -2.24. The third-order valence-electron chi connectivity index (χ3n) is 2.76. The second kappa shape index (κ2) is 6.51. The number of carbonyl (C=O) groups is 1. The molecule has 0 unspecified atom stereocenters. The Morgan fingerprint density at radius 2 is 1.95 bits per heavy atom. The van der Waals surface area contributed by atoms with Crippen molar-refractivity contribution in [1.82, 2.24) is 20.2 Å². The summed E-state index contributed by atoms with van der Waals surface area (Å²) in [5, 5.41) is 9.22. The number of benzene rings is 1. The Labute approximate surface area is 122 Å². The van der Waals surface area contributed by atoms with Gasteiger partial charge in [-0.1, -0.05) is 6.92 Å². The minimum absolute atomic E-state index is 0.134. The van der Waals surface area contributed by atoms with Gasteiger partial charge in [0.05, 0.1) is 17.1 Å². The summed E-state index contributed by atoms with van der Waals surface area (Å²) in [6.07, 6.45) is 1.60. The molecule has 0 fully saturated rings. The summed E-state index contributed by atoms with van der Waals surface area (Å²) in [7, 11) is -3.50. The number of aromatic amines is 1. The van der Waals surface area contributed by atoms with E-state index in [0.29, 0.717) is 18.7 Å². The maximum Gasteiger partial charge on any atom is 0.251 e. The van der Waals surface area contributed by atoms with Gasteiger partial charge in [0.15, 0.2) is 0 Å². The second-order valence-electron chi connectivity index (χ2n) is 4.29. The van der Waals surface area contributed by atoms with E-state index in [2.05, 4.69) is 20.2 Å². The van der Waals surface area contributed by atoms with Gasteiger partial charge in [-0.15, -0.1) is 0 Å². The van der Waals surface area contributed by atoms with E-state index in [1.165, 1.54) is 24.3 Å². The van der Waals surface area contributed by atoms with Gasteiger partial charge in [0.25, 0.3) is 5.91 Å². The number of H-pyrrole nitrogens is 1. The Hall–Kier alpha value is -2.19. The lowest BCUT2D eigenvalue weighted by molar-refractivity contribution is 0.0950. The van der Waals surface area contributed by atoms with Gasteiger partial charge in [0, 0.05) is 18.3 Å². The van der Waals surface area contributed by atoms with Crippen LogP contribution in [0.25, 0.3) is 0 Å². The van der Waals surface area contributed by atoms with E-state index >= 15 is 0 Å². The van der Waals surface area contributed by atoms with Gasteiger partial charge in [0.2, 0.25) is 10.0 Å². The van der Waals surface area contributed by atoms with Gasteiger partial charge in [-0.3, -0.25) is 9.89 Å². The number of sulfonamides is 1. The molecule has 0 saturated carbocycles. The molecule has 0 aliphatic heterocycles. The van der Waals surface area contributed by atoms with Crippen molar-refractivity contribution >= 4 is 15.9 Å². The van der Waals surface area contributed by atoms with E-state index in [4.69, 9.17) is 0 Å². The molecule has 2 rings (SSSR count). The summed E-state index contributed by atoms with van der Waals surface area (Å²) < 4.78 is 25.9. The van der Waals surface area contributed by atoms with Crippen LogP contribution in [-0.4, -0.2) is 31.1 Å². The number of carbonyl (C=O) groups excluding carboxylic acids is 1. The van der Waals surface area contributed by atoms with Gasteiger partial charge in [-0.05, 0) is 30.3 Å². The average Bonchev–Trinajstić information content (AvgIpc) is 2.98. The van der Waals surface area contributed by atoms with Gasteiger partial charge in [0.1, 0.15) is 0 Å². The number of nitrogens with zero attached hydrogens (tertiary/aromatic N) is 1. The van der Waals surface area contributed by atoms with Crippen molar-refractivity contribution in [2.75, 3.05) is 6.54 Å². The summed E-state index contributed by atoms with van der Waals surface area (Å²) in [6.45, 7) is 2.35. The predicted molar refractivity (Wildman–Crippen MR) is 77.1 cm³/mol. The zero-order chi connectivity index (χ0) is 15.3. The molecular weight excluding hydrogens is 292 g/mol. The Kier molecular flexibility index (Phi) is 4.71. The quantitative estimate of drug-likeness (QED) is 0.728. The molecule has 2 aromatic rings. The summed E-state index contributed by atoms with van der Waals surface area (Å²) >= 11 is 0. The van der Waals surface area contributed by atoms with Crippen LogP contribution in [0.2, 0.25) is 0 Å². The maximum atomic E-state index is 11.9. The van der Waals surface area contributed by atoms with Crippen LogP contribution in [-0.2, 0) is 16.6 Å². The molecule has 0 atom stereocenters. The van der Waals surface area contributed by atoms with Crippen molar-refractivity contribution in [2.45, 2.75) is 18.4 Å². The number of hydrogen-bond donors (Lipinski definition) is 3. The summed E-state index contributed by atoms with van der Waals surface area (Å²) in [4.78, 5) is 12.0. The minimum Gasteiger partial charge on any atom is -0.346 e. The molecule has 21 heavy (non-hydrogen) atoms. The van der Waals surface area contributed by atoms with E-state index in [1.54, 1.807) is 19.2 Å². The second-order valence-corrected chi connectivity index (χ2v) is 6.06. The van der Waals surface area contributed by atoms with Crippen LogP contribution in [0.5, 0.6) is 0 Å². The molecule has 1 heterocycles. The van der Waals surface area contributed by atoms with Gasteiger partial charge >= 0.3 is 0 Å². The molecule has 0 bridgehead atoms. The molecule has 0 aliphatic rings. The number of hydrogen-bond acceptors (Lipinski definition) is 4. The van der Waals surface area contributed by atoms with Crippen LogP contribution in [0.4, 0.5) is 0 Å². The first kappa shape index (κ1) is 15.2. The van der Waals surface area contributed by atoms with Crippen molar-refractivity contribution in [3.8, 4) is 0 Å². The van der Waals surface area contributed by atoms with Crippen molar-refractivity contribution in [1.29, 1.82) is 0 Å². The highest BCUT2D eigenvalue weighted by Crippen LogP contribution is 2.10. The summed E-state index contributed by atoms with van der Waals surface area (Å²) in [5.74, 6) is -0.281. The normalized spacial score (nSPS) is 11.3. The average molecular weight is 308 g/mol. The van der Waals surface area contributed by atoms with Gasteiger partial charge in [-0.2, -0.15) is 5.10 Å². The molecule has 0 aliphatic carbocycles. The van der Waals surface area contributed by atoms with Crippen LogP contribution >= 0.6 is 0 Å². The molecule has 0 radical (unpaired) electrons. The monoisotopic (exact) mass is 308 g/mol. The zero-order valence-corrected chi connectivity index (χ0v) is 12.3. The lowest BCUT2D eigenvalue weighted by atomic mass is 10.2. The van der Waals surface area contributed by atoms with Crippen molar-refractivity contribution in [3.63, 3.8) is 0 Å². The van der Waals surface area contributed by atoms with E-state index in [0.717, 1.165) is 5.69 Å². The Balaban J connectivity index is 2.03. The first-order valence-corrected chi connectivity index (χ1v) is 7.87. The number of nitrogens with one attached hydrogen (secondary N) is 3. The zero-order valence-electron chi connectivity index (χ0n) is 11.5. The van der Waals surface area contributed by atoms with E-state index < -0.39 is 10.0 Å². The SMILES string of the molecule is CCNS(=O)(=O)c1ccc(C(=O)NCc2ccn[nH]2)cc1. The molecule has 112 valence electrons. The first-order chi connectivity index (χ1) is 10.0. The lowest BCUT2D eigenvalue weighted by Gasteiger charge is -2.06. The van der Waals surface area contributed by atoms with Crippen molar-refractivity contribution in [2.24, 2.45) is 0 Å². The van der Waals surface area contributed by atoms with Gasteiger partial charge < -0.3 is 5.32 Å². The highest BCUT2D eigenvalue weighted by atomic mass is 32.2. The van der Waals surface area contributed by atoms with Crippen LogP contribution in [0.1, 0.15) is 23.0 Å². The van der Waals surface area contributed by atoms with Crippen LogP contribution in [0.3, 0.4) is 0 Å². The van der Waals surface area contributed by atoms with E-state index in [-0.39, 0.29) is 10.8 Å². The van der Waals surface area contributed by atoms with Gasteiger partial charge in [-0.25, -0.2) is 13.1 Å². The van der Waals surface area contributed by atoms with Crippen LogP contribution in [0, 0.1) is 0 Å². The Morgan fingerprint density at radius 1 is 1.24 bits per heavy atom. The first-order valence-electron chi connectivity index (χ1n) is 6.39. The molecule has 1 aromatic carbocycles. The topological polar surface area (TPSA) is 104 Å². The Morgan fingerprint density at radius 3 is 2.52 bits per heavy atom. The van der Waals surface area contributed by atoms with Crippen molar-refractivity contribution in [3.05, 3.63) is 47.8 Å². The van der Waals surface area contributed by atoms with E-state index in [9.17, 15) is 13.2 Å². The summed E-state index contributed by atoms with van der Waals surface area (Å²) in [6, 6.07) is 7.53. The molecule has 1 amide bonds. The molecule has 0 saturated heterocycles. The number of rotatable bonds is 6. The highest BCUT2D eigenvalue weighted by Gasteiger charge is 2.13. The van der Waals surface area contributed by atoms with Crippen molar-refractivity contribution < 1.29 is 13.2 Å². The molecule has 7 nitrogen and oxygen atoms in total. The van der Waals surface area contributed by atoms with E-state index in [1.807, 2.05) is 0 Å². The fourth-order valence-electron chi connectivity index (χ4n) is 1.72. The largest absolute Gasteiger partial charge is 0.346 e. The fraction of sp³-hybridized carbons (Fsp3) is 0.231. The molecule has 0 spiro atoms. The third kappa shape index (κ3) is 3.89. The number of aromatic nitrogens is 2. The highest BCUT2D eigenvalue weighted by molar-refractivity contribution is 7.89. The van der Waals surface area contributed by atoms with Crippen LogP contribution < -0.4 is 10.0 Å². The molecule has 3 N–H and O–H groups in total. The maximum absolute atomic E-state index is 11.9. The minimum atomic E-state index is -3.50. The smallest absolute Gasteiger partial charge is 0.251 e. The molecule has 8 heteroatoms. The number of amides is 1. The third-order valence-corrected chi connectivity index (χ3v) is 4.32. The molecule has 1 aromatic heterocycles. The standard InChI is InChI=1S/C13H16N4O3S/c1-2-16-21(19,20)12-5-3-10(4-6-12)13(18)14-9-11-7-8-15-17-11/h3-8,16H,2,9H2,1H3,(H,14,18)(H,15,17).